The van der Waals surface area contributed by atoms with Gasteiger partial charge in [-0.3, -0.25) is 9.48 Å². The van der Waals surface area contributed by atoms with Crippen LogP contribution in [0.3, 0.4) is 0 Å². The lowest BCUT2D eigenvalue weighted by atomic mass is 10.1. The van der Waals surface area contributed by atoms with Crippen LogP contribution in [0.1, 0.15) is 58.5 Å². The fourth-order valence-corrected chi connectivity index (χ4v) is 4.10. The zero-order valence-corrected chi connectivity index (χ0v) is 15.5. The van der Waals surface area contributed by atoms with Gasteiger partial charge in [0.2, 0.25) is 5.91 Å². The molecular weight excluding hydrogens is 326 g/mol. The van der Waals surface area contributed by atoms with Crippen LogP contribution < -0.4 is 5.32 Å². The number of aromatic nitrogens is 2. The predicted molar refractivity (Wildman–Crippen MR) is 95.1 cm³/mol. The number of thiophene rings is 1. The van der Waals surface area contributed by atoms with Crippen molar-refractivity contribution in [2.75, 3.05) is 5.32 Å². The van der Waals surface area contributed by atoms with Gasteiger partial charge in [0, 0.05) is 17.0 Å². The molecule has 2 N–H and O–H groups in total. The van der Waals surface area contributed by atoms with Gasteiger partial charge in [0.15, 0.2) is 0 Å². The quantitative estimate of drug-likeness (QED) is 0.832. The van der Waals surface area contributed by atoms with E-state index in [1.165, 1.54) is 11.3 Å². The van der Waals surface area contributed by atoms with Crippen LogP contribution in [0, 0.1) is 20.8 Å². The van der Waals surface area contributed by atoms with Crippen LogP contribution in [0.4, 0.5) is 5.00 Å². The van der Waals surface area contributed by atoms with Crippen LogP contribution in [0.5, 0.6) is 0 Å². The summed E-state index contributed by atoms with van der Waals surface area (Å²) in [7, 11) is 0. The highest BCUT2D eigenvalue weighted by atomic mass is 32.1. The van der Waals surface area contributed by atoms with Crippen molar-refractivity contribution in [3.8, 4) is 0 Å². The van der Waals surface area contributed by atoms with E-state index in [9.17, 15) is 14.7 Å². The molecule has 0 aliphatic carbocycles. The van der Waals surface area contributed by atoms with Gasteiger partial charge in [-0.25, -0.2) is 4.79 Å². The highest BCUT2D eigenvalue weighted by molar-refractivity contribution is 7.16. The van der Waals surface area contributed by atoms with Crippen molar-refractivity contribution < 1.29 is 14.7 Å². The van der Waals surface area contributed by atoms with Gasteiger partial charge in [-0.2, -0.15) is 5.10 Å². The van der Waals surface area contributed by atoms with Crippen molar-refractivity contribution in [2.24, 2.45) is 0 Å². The number of nitrogens with one attached hydrogen (secondary N) is 1. The number of hydrogen-bond donors (Lipinski definition) is 2. The van der Waals surface area contributed by atoms with Crippen molar-refractivity contribution in [3.63, 3.8) is 0 Å². The summed E-state index contributed by atoms with van der Waals surface area (Å²) in [5, 5.41) is 17.0. The molecule has 130 valence electrons. The molecule has 1 amide bonds. The van der Waals surface area contributed by atoms with Crippen molar-refractivity contribution >= 4 is 28.2 Å². The van der Waals surface area contributed by atoms with Crippen molar-refractivity contribution in [2.45, 2.75) is 53.5 Å². The van der Waals surface area contributed by atoms with Gasteiger partial charge >= 0.3 is 5.97 Å². The molecule has 24 heavy (non-hydrogen) atoms. The number of rotatable bonds is 6. The minimum Gasteiger partial charge on any atom is -0.478 e. The second-order valence-electron chi connectivity index (χ2n) is 5.97. The molecule has 1 unspecified atom stereocenters. The Hall–Kier alpha value is -2.15. The van der Waals surface area contributed by atoms with Crippen LogP contribution in [0.15, 0.2) is 6.07 Å². The van der Waals surface area contributed by atoms with Crippen LogP contribution in [0.2, 0.25) is 0 Å². The first-order valence-corrected chi connectivity index (χ1v) is 8.74. The third-order valence-electron chi connectivity index (χ3n) is 3.97. The number of amides is 1. The van der Waals surface area contributed by atoms with E-state index in [4.69, 9.17) is 0 Å². The van der Waals surface area contributed by atoms with Gasteiger partial charge < -0.3 is 10.4 Å². The molecule has 0 aliphatic rings. The number of nitrogens with zero attached hydrogens (tertiary/aromatic N) is 2. The number of anilines is 1. The smallest absolute Gasteiger partial charge is 0.339 e. The van der Waals surface area contributed by atoms with Crippen LogP contribution >= 0.6 is 11.3 Å². The van der Waals surface area contributed by atoms with Gasteiger partial charge in [-0.1, -0.05) is 6.92 Å². The molecule has 2 heterocycles. The molecule has 0 saturated carbocycles. The minimum absolute atomic E-state index is 0.0984. The maximum atomic E-state index is 12.4. The summed E-state index contributed by atoms with van der Waals surface area (Å²) in [4.78, 5) is 24.8. The van der Waals surface area contributed by atoms with E-state index in [1.807, 2.05) is 45.4 Å². The zero-order chi connectivity index (χ0) is 18.0. The summed E-state index contributed by atoms with van der Waals surface area (Å²) >= 11 is 1.32. The molecule has 2 rings (SSSR count). The van der Waals surface area contributed by atoms with Crippen LogP contribution in [-0.4, -0.2) is 26.8 Å². The Morgan fingerprint density at radius 1 is 1.38 bits per heavy atom. The summed E-state index contributed by atoms with van der Waals surface area (Å²) in [6.07, 6.45) is 0.863. The monoisotopic (exact) mass is 349 g/mol. The number of carboxylic acid groups (broad SMARTS) is 1. The Morgan fingerprint density at radius 3 is 2.54 bits per heavy atom. The second kappa shape index (κ2) is 7.17. The fraction of sp³-hybridized carbons (Fsp3) is 0.471. The molecule has 6 nitrogen and oxygen atoms in total. The first kappa shape index (κ1) is 18.2. The number of carboxylic acids is 1. The number of carbonyl (C=O) groups is 2. The Labute approximate surface area is 145 Å². The van der Waals surface area contributed by atoms with Crippen LogP contribution in [-0.2, 0) is 11.2 Å². The van der Waals surface area contributed by atoms with E-state index in [1.54, 1.807) is 0 Å². The summed E-state index contributed by atoms with van der Waals surface area (Å²) in [5.41, 5.74) is 2.91. The molecule has 7 heteroatoms. The van der Waals surface area contributed by atoms with E-state index < -0.39 is 5.97 Å². The summed E-state index contributed by atoms with van der Waals surface area (Å²) < 4.78 is 1.82. The highest BCUT2D eigenvalue weighted by Crippen LogP contribution is 2.33. The predicted octanol–water partition coefficient (Wildman–Crippen LogP) is 3.72. The third-order valence-corrected chi connectivity index (χ3v) is 5.04. The van der Waals surface area contributed by atoms with Crippen LogP contribution in [0.25, 0.3) is 0 Å². The Morgan fingerprint density at radius 2 is 2.04 bits per heavy atom. The van der Waals surface area contributed by atoms with Crippen molar-refractivity contribution in [1.29, 1.82) is 0 Å². The maximum Gasteiger partial charge on any atom is 0.339 e. The Kier molecular flexibility index (Phi) is 5.43. The van der Waals surface area contributed by atoms with Crippen molar-refractivity contribution in [1.82, 2.24) is 9.78 Å². The molecular formula is C17H23N3O3S. The summed E-state index contributed by atoms with van der Waals surface area (Å²) in [6.45, 7) is 9.58. The van der Waals surface area contributed by atoms with Gasteiger partial charge in [0.1, 0.15) is 5.00 Å². The number of aryl methyl sites for hydroxylation is 3. The second-order valence-corrected chi connectivity index (χ2v) is 7.20. The molecule has 2 aromatic rings. The maximum absolute atomic E-state index is 12.4. The fourth-order valence-electron chi connectivity index (χ4n) is 2.94. The molecule has 0 aromatic carbocycles. The normalized spacial score (nSPS) is 12.2. The molecule has 0 bridgehead atoms. The Bertz CT molecular complexity index is 776. The number of carbonyl (C=O) groups excluding carboxylic acids is 1. The molecule has 1 atom stereocenters. The minimum atomic E-state index is -1.00. The van der Waals surface area contributed by atoms with Gasteiger partial charge in [0.05, 0.1) is 17.3 Å². The van der Waals surface area contributed by atoms with E-state index in [-0.39, 0.29) is 23.9 Å². The van der Waals surface area contributed by atoms with E-state index >= 15 is 0 Å². The lowest BCUT2D eigenvalue weighted by Gasteiger charge is -2.14. The van der Waals surface area contributed by atoms with Crippen molar-refractivity contribution in [3.05, 3.63) is 33.5 Å². The zero-order valence-electron chi connectivity index (χ0n) is 14.6. The van der Waals surface area contributed by atoms with E-state index in [2.05, 4.69) is 10.4 Å². The molecule has 0 radical (unpaired) electrons. The molecule has 2 aromatic heterocycles. The number of aromatic carboxylic acids is 1. The van der Waals surface area contributed by atoms with Gasteiger partial charge in [-0.15, -0.1) is 11.3 Å². The SMILES string of the molecule is CCc1c(C)sc(NC(=O)CC(C)n2nc(C)cc2C)c1C(=O)O. The van der Waals surface area contributed by atoms with E-state index in [0.717, 1.165) is 21.8 Å². The Balaban J connectivity index is 2.15. The van der Waals surface area contributed by atoms with Gasteiger partial charge in [-0.05, 0) is 45.7 Å². The summed E-state index contributed by atoms with van der Waals surface area (Å²) in [6, 6.07) is 1.87. The number of hydrogen-bond acceptors (Lipinski definition) is 4. The largest absolute Gasteiger partial charge is 0.478 e. The summed E-state index contributed by atoms with van der Waals surface area (Å²) in [5.74, 6) is -1.21. The van der Waals surface area contributed by atoms with E-state index in [0.29, 0.717) is 11.4 Å². The first-order chi connectivity index (χ1) is 11.2. The average Bonchev–Trinajstić information content (AvgIpc) is 2.97. The van der Waals surface area contributed by atoms with Gasteiger partial charge in [0.25, 0.3) is 0 Å². The lowest BCUT2D eigenvalue weighted by Crippen LogP contribution is -2.19. The highest BCUT2D eigenvalue weighted by Gasteiger charge is 2.22. The molecule has 0 fully saturated rings. The third kappa shape index (κ3) is 3.67. The standard InChI is InChI=1S/C17H23N3O3S/c1-6-13-12(5)24-16(15(13)17(22)23)18-14(21)8-11(4)20-10(3)7-9(2)19-20/h7,11H,6,8H2,1-5H3,(H,18,21)(H,22,23). The lowest BCUT2D eigenvalue weighted by molar-refractivity contribution is -0.116. The average molecular weight is 349 g/mol. The topological polar surface area (TPSA) is 84.2 Å². The molecule has 0 saturated heterocycles. The molecule has 0 aliphatic heterocycles. The molecule has 0 spiro atoms. The first-order valence-electron chi connectivity index (χ1n) is 7.92.